The zero-order valence-electron chi connectivity index (χ0n) is 7.61. The van der Waals surface area contributed by atoms with Crippen molar-refractivity contribution in [2.45, 2.75) is 32.0 Å². The van der Waals surface area contributed by atoms with Crippen LogP contribution in [0.25, 0.3) is 0 Å². The van der Waals surface area contributed by atoms with Crippen LogP contribution in [-0.4, -0.2) is 37.3 Å². The quantitative estimate of drug-likeness (QED) is 0.723. The molecule has 1 aliphatic rings. The maximum Gasteiger partial charge on any atom is 0.152 e. The molecule has 0 aromatic rings. The number of rotatable bonds is 2. The minimum Gasteiger partial charge on any atom is -0.392 e. The number of halogens is 1. The minimum absolute atomic E-state index is 0.0848. The molecule has 0 spiro atoms. The summed E-state index contributed by atoms with van der Waals surface area (Å²) < 4.78 is 34.7. The van der Waals surface area contributed by atoms with E-state index in [0.717, 1.165) is 0 Å². The average Bonchev–Trinajstić information content (AvgIpc) is 1.93. The van der Waals surface area contributed by atoms with Gasteiger partial charge in [-0.1, -0.05) is 0 Å². The van der Waals surface area contributed by atoms with Crippen LogP contribution in [0.4, 0.5) is 4.39 Å². The molecular formula is C8H15FO3S. The van der Waals surface area contributed by atoms with E-state index in [-0.39, 0.29) is 23.8 Å². The van der Waals surface area contributed by atoms with Crippen LogP contribution < -0.4 is 0 Å². The van der Waals surface area contributed by atoms with Gasteiger partial charge in [-0.2, -0.15) is 0 Å². The summed E-state index contributed by atoms with van der Waals surface area (Å²) in [6.45, 7) is 1.43. The molecule has 1 rings (SSSR count). The third-order valence-electron chi connectivity index (χ3n) is 2.40. The maximum absolute atomic E-state index is 12.6. The Balaban J connectivity index is 2.54. The lowest BCUT2D eigenvalue weighted by molar-refractivity contribution is 0.0983. The summed E-state index contributed by atoms with van der Waals surface area (Å²) in [6, 6.07) is 0. The predicted molar refractivity (Wildman–Crippen MR) is 48.0 cm³/mol. The van der Waals surface area contributed by atoms with E-state index in [1.54, 1.807) is 0 Å². The fourth-order valence-electron chi connectivity index (χ4n) is 1.70. The molecule has 0 radical (unpaired) electrons. The molecule has 5 heteroatoms. The van der Waals surface area contributed by atoms with Gasteiger partial charge < -0.3 is 5.11 Å². The van der Waals surface area contributed by atoms with Gasteiger partial charge in [0.05, 0.1) is 23.8 Å². The first-order valence-corrected chi connectivity index (χ1v) is 6.25. The fraction of sp³-hybridized carbons (Fsp3) is 1.00. The van der Waals surface area contributed by atoms with Gasteiger partial charge in [-0.15, -0.1) is 0 Å². The first kappa shape index (κ1) is 10.9. The Kier molecular flexibility index (Phi) is 3.29. The van der Waals surface area contributed by atoms with Crippen LogP contribution in [0.5, 0.6) is 0 Å². The van der Waals surface area contributed by atoms with Crippen molar-refractivity contribution < 1.29 is 17.9 Å². The second-order valence-electron chi connectivity index (χ2n) is 3.75. The van der Waals surface area contributed by atoms with Crippen molar-refractivity contribution in [3.63, 3.8) is 0 Å². The Hall–Kier alpha value is -0.160. The van der Waals surface area contributed by atoms with Crippen LogP contribution >= 0.6 is 0 Å². The van der Waals surface area contributed by atoms with E-state index in [1.807, 2.05) is 0 Å². The Morgan fingerprint density at radius 1 is 1.62 bits per heavy atom. The van der Waals surface area contributed by atoms with Crippen molar-refractivity contribution in [1.82, 2.24) is 0 Å². The van der Waals surface area contributed by atoms with Crippen LogP contribution in [0.2, 0.25) is 0 Å². The number of hydrogen-bond donors (Lipinski definition) is 1. The van der Waals surface area contributed by atoms with Crippen molar-refractivity contribution >= 4 is 9.84 Å². The smallest absolute Gasteiger partial charge is 0.152 e. The molecule has 3 nitrogen and oxygen atoms in total. The first-order chi connectivity index (χ1) is 5.91. The van der Waals surface area contributed by atoms with E-state index < -0.39 is 22.1 Å². The summed E-state index contributed by atoms with van der Waals surface area (Å²) in [5.41, 5.74) is 0. The zero-order chi connectivity index (χ0) is 10.1. The van der Waals surface area contributed by atoms with Crippen molar-refractivity contribution in [3.05, 3.63) is 0 Å². The molecule has 0 aliphatic carbocycles. The second-order valence-corrected chi connectivity index (χ2v) is 5.98. The summed E-state index contributed by atoms with van der Waals surface area (Å²) in [5.74, 6) is -0.310. The molecule has 0 aromatic carbocycles. The number of aliphatic hydroxyl groups is 1. The largest absolute Gasteiger partial charge is 0.392 e. The van der Waals surface area contributed by atoms with E-state index in [2.05, 4.69) is 0 Å². The summed E-state index contributed by atoms with van der Waals surface area (Å²) in [7, 11) is -3.07. The van der Waals surface area contributed by atoms with Crippen molar-refractivity contribution in [3.8, 4) is 0 Å². The van der Waals surface area contributed by atoms with E-state index in [4.69, 9.17) is 0 Å². The SMILES string of the molecule is CC(F)CC1CCS(=O)(=O)CC1O. The summed E-state index contributed by atoms with van der Waals surface area (Å²) in [6.07, 6.45) is -1.20. The molecule has 3 atom stereocenters. The highest BCUT2D eigenvalue weighted by molar-refractivity contribution is 7.91. The van der Waals surface area contributed by atoms with Crippen LogP contribution in [0.1, 0.15) is 19.8 Å². The van der Waals surface area contributed by atoms with E-state index in [1.165, 1.54) is 6.92 Å². The van der Waals surface area contributed by atoms with Crippen molar-refractivity contribution in [2.24, 2.45) is 5.92 Å². The molecule has 0 amide bonds. The minimum atomic E-state index is -3.07. The van der Waals surface area contributed by atoms with Gasteiger partial charge in [-0.3, -0.25) is 0 Å². The van der Waals surface area contributed by atoms with Gasteiger partial charge in [0.1, 0.15) is 0 Å². The van der Waals surface area contributed by atoms with Gasteiger partial charge in [0.15, 0.2) is 9.84 Å². The van der Waals surface area contributed by atoms with Crippen LogP contribution in [0.15, 0.2) is 0 Å². The Bertz CT molecular complexity index is 261. The third-order valence-corrected chi connectivity index (χ3v) is 4.10. The lowest BCUT2D eigenvalue weighted by Gasteiger charge is -2.27. The molecule has 3 unspecified atom stereocenters. The molecule has 0 bridgehead atoms. The van der Waals surface area contributed by atoms with Crippen LogP contribution in [-0.2, 0) is 9.84 Å². The molecule has 13 heavy (non-hydrogen) atoms. The van der Waals surface area contributed by atoms with Crippen LogP contribution in [0, 0.1) is 5.92 Å². The van der Waals surface area contributed by atoms with Gasteiger partial charge >= 0.3 is 0 Å². The topological polar surface area (TPSA) is 54.4 Å². The molecule has 0 aromatic heterocycles. The van der Waals surface area contributed by atoms with Gasteiger partial charge in [0.25, 0.3) is 0 Å². The molecule has 1 aliphatic heterocycles. The predicted octanol–water partition coefficient (Wildman–Crippen LogP) is 0.530. The monoisotopic (exact) mass is 210 g/mol. The number of aliphatic hydroxyl groups excluding tert-OH is 1. The zero-order valence-corrected chi connectivity index (χ0v) is 8.43. The molecule has 1 heterocycles. The highest BCUT2D eigenvalue weighted by atomic mass is 32.2. The molecule has 1 saturated heterocycles. The molecule has 0 saturated carbocycles. The van der Waals surface area contributed by atoms with Gasteiger partial charge in [0.2, 0.25) is 0 Å². The Morgan fingerprint density at radius 2 is 2.23 bits per heavy atom. The van der Waals surface area contributed by atoms with Gasteiger partial charge in [-0.25, -0.2) is 12.8 Å². The summed E-state index contributed by atoms with van der Waals surface area (Å²) >= 11 is 0. The number of sulfone groups is 1. The van der Waals surface area contributed by atoms with Gasteiger partial charge in [0, 0.05) is 0 Å². The van der Waals surface area contributed by atoms with Gasteiger partial charge in [-0.05, 0) is 25.7 Å². The molecule has 1 N–H and O–H groups in total. The second kappa shape index (κ2) is 3.92. The number of alkyl halides is 1. The first-order valence-electron chi connectivity index (χ1n) is 4.43. The molecular weight excluding hydrogens is 195 g/mol. The molecule has 1 fully saturated rings. The number of hydrogen-bond acceptors (Lipinski definition) is 3. The van der Waals surface area contributed by atoms with E-state index >= 15 is 0 Å². The lowest BCUT2D eigenvalue weighted by atomic mass is 9.94. The Morgan fingerprint density at radius 3 is 2.69 bits per heavy atom. The highest BCUT2D eigenvalue weighted by Gasteiger charge is 2.32. The standard InChI is InChI=1S/C8H15FO3S/c1-6(9)4-7-2-3-13(11,12)5-8(7)10/h6-8,10H,2-5H2,1H3. The van der Waals surface area contributed by atoms with Crippen molar-refractivity contribution in [2.75, 3.05) is 11.5 Å². The Labute approximate surface area is 77.9 Å². The van der Waals surface area contributed by atoms with E-state index in [9.17, 15) is 17.9 Å². The fourth-order valence-corrected chi connectivity index (χ4v) is 3.32. The third kappa shape index (κ3) is 3.23. The molecule has 78 valence electrons. The normalized spacial score (nSPS) is 35.6. The summed E-state index contributed by atoms with van der Waals surface area (Å²) in [5, 5.41) is 9.41. The van der Waals surface area contributed by atoms with Crippen molar-refractivity contribution in [1.29, 1.82) is 0 Å². The lowest BCUT2D eigenvalue weighted by Crippen LogP contribution is -2.37. The van der Waals surface area contributed by atoms with Crippen LogP contribution in [0.3, 0.4) is 0 Å². The average molecular weight is 210 g/mol. The van der Waals surface area contributed by atoms with E-state index in [0.29, 0.717) is 6.42 Å². The summed E-state index contributed by atoms with van der Waals surface area (Å²) in [4.78, 5) is 0. The maximum atomic E-state index is 12.6. The highest BCUT2D eigenvalue weighted by Crippen LogP contribution is 2.24.